The maximum absolute atomic E-state index is 13.3. The fourth-order valence-corrected chi connectivity index (χ4v) is 2.17. The Hall–Kier alpha value is -1.82. The van der Waals surface area contributed by atoms with Gasteiger partial charge in [-0.05, 0) is 36.6 Å². The molecule has 1 aliphatic rings. The third-order valence-corrected chi connectivity index (χ3v) is 3.46. The molecular formula is C15H13F4NO. The largest absolute Gasteiger partial charge is 0.467 e. The topological polar surface area (TPSA) is 25.2 Å². The molecule has 0 spiro atoms. The van der Waals surface area contributed by atoms with Crippen molar-refractivity contribution in [2.45, 2.75) is 31.6 Å². The molecule has 1 aliphatic carbocycles. The molecule has 112 valence electrons. The number of hydrogen-bond donors (Lipinski definition) is 1. The van der Waals surface area contributed by atoms with Crippen LogP contribution in [-0.2, 0) is 12.7 Å². The maximum Gasteiger partial charge on any atom is 0.419 e. The summed E-state index contributed by atoms with van der Waals surface area (Å²) in [4.78, 5) is 0. The summed E-state index contributed by atoms with van der Waals surface area (Å²) in [6.07, 6.45) is -1.08. The molecule has 0 radical (unpaired) electrons. The normalized spacial score (nSPS) is 15.4. The smallest absolute Gasteiger partial charge is 0.419 e. The predicted octanol–water partition coefficient (Wildman–Crippen LogP) is 4.36. The molecule has 1 saturated carbocycles. The Bertz CT molecular complexity index is 643. The number of halogens is 4. The van der Waals surface area contributed by atoms with Gasteiger partial charge in [-0.1, -0.05) is 6.07 Å². The second-order valence-electron chi connectivity index (χ2n) is 5.11. The first-order valence-electron chi connectivity index (χ1n) is 6.62. The fraction of sp³-hybridized carbons (Fsp3) is 0.333. The Morgan fingerprint density at radius 2 is 1.95 bits per heavy atom. The molecule has 1 N–H and O–H groups in total. The summed E-state index contributed by atoms with van der Waals surface area (Å²) in [5.41, 5.74) is -0.416. The zero-order chi connectivity index (χ0) is 15.0. The first-order valence-corrected chi connectivity index (χ1v) is 6.62. The summed E-state index contributed by atoms with van der Waals surface area (Å²) in [6.45, 7) is 0.450. The molecule has 21 heavy (non-hydrogen) atoms. The molecule has 0 saturated heterocycles. The van der Waals surface area contributed by atoms with E-state index in [4.69, 9.17) is 4.42 Å². The number of alkyl halides is 3. The van der Waals surface area contributed by atoms with Crippen LogP contribution in [0.5, 0.6) is 0 Å². The summed E-state index contributed by atoms with van der Waals surface area (Å²) >= 11 is 0. The Morgan fingerprint density at radius 3 is 2.62 bits per heavy atom. The minimum Gasteiger partial charge on any atom is -0.467 e. The zero-order valence-corrected chi connectivity index (χ0v) is 11.0. The molecule has 0 atom stereocenters. The van der Waals surface area contributed by atoms with Crippen molar-refractivity contribution >= 4 is 0 Å². The lowest BCUT2D eigenvalue weighted by Gasteiger charge is -2.10. The van der Waals surface area contributed by atoms with E-state index in [2.05, 4.69) is 5.32 Å². The van der Waals surface area contributed by atoms with Gasteiger partial charge < -0.3 is 9.73 Å². The van der Waals surface area contributed by atoms with Crippen molar-refractivity contribution in [3.05, 3.63) is 47.7 Å². The number of furan rings is 1. The van der Waals surface area contributed by atoms with Gasteiger partial charge in [0, 0.05) is 11.6 Å². The number of nitrogens with one attached hydrogen (secondary N) is 1. The van der Waals surface area contributed by atoms with Gasteiger partial charge in [-0.15, -0.1) is 0 Å². The van der Waals surface area contributed by atoms with Crippen LogP contribution in [0.2, 0.25) is 0 Å². The molecule has 6 heteroatoms. The van der Waals surface area contributed by atoms with Crippen LogP contribution in [0.3, 0.4) is 0 Å². The molecule has 0 bridgehead atoms. The van der Waals surface area contributed by atoms with Gasteiger partial charge >= 0.3 is 6.18 Å². The minimum absolute atomic E-state index is 0.296. The van der Waals surface area contributed by atoms with Gasteiger partial charge in [0.25, 0.3) is 0 Å². The van der Waals surface area contributed by atoms with Crippen LogP contribution < -0.4 is 5.32 Å². The third-order valence-electron chi connectivity index (χ3n) is 3.46. The molecule has 1 aromatic carbocycles. The van der Waals surface area contributed by atoms with Gasteiger partial charge in [0.2, 0.25) is 0 Å². The SMILES string of the molecule is Fc1ccc(-c2ccoc2CNC2CC2)cc1C(F)(F)F. The molecule has 1 aromatic heterocycles. The van der Waals surface area contributed by atoms with Gasteiger partial charge in [-0.2, -0.15) is 13.2 Å². The highest BCUT2D eigenvalue weighted by Crippen LogP contribution is 2.35. The molecule has 0 amide bonds. The van der Waals surface area contributed by atoms with Crippen LogP contribution in [0.15, 0.2) is 34.9 Å². The van der Waals surface area contributed by atoms with E-state index < -0.39 is 17.6 Å². The number of benzene rings is 1. The monoisotopic (exact) mass is 299 g/mol. The summed E-state index contributed by atoms with van der Waals surface area (Å²) in [6, 6.07) is 5.04. The van der Waals surface area contributed by atoms with E-state index in [9.17, 15) is 17.6 Å². The van der Waals surface area contributed by atoms with Gasteiger partial charge in [0.05, 0.1) is 18.4 Å². The van der Waals surface area contributed by atoms with Gasteiger partial charge in [-0.25, -0.2) is 4.39 Å². The summed E-state index contributed by atoms with van der Waals surface area (Å²) in [5, 5.41) is 3.24. The van der Waals surface area contributed by atoms with Crippen molar-refractivity contribution in [3.8, 4) is 11.1 Å². The lowest BCUT2D eigenvalue weighted by molar-refractivity contribution is -0.139. The first-order chi connectivity index (χ1) is 9.95. The van der Waals surface area contributed by atoms with Crippen LogP contribution in [0, 0.1) is 5.82 Å². The van der Waals surface area contributed by atoms with Crippen molar-refractivity contribution in [3.63, 3.8) is 0 Å². The zero-order valence-electron chi connectivity index (χ0n) is 11.0. The molecule has 0 aliphatic heterocycles. The fourth-order valence-electron chi connectivity index (χ4n) is 2.17. The predicted molar refractivity (Wildman–Crippen MR) is 69.0 cm³/mol. The molecular weight excluding hydrogens is 286 g/mol. The van der Waals surface area contributed by atoms with E-state index in [0.717, 1.165) is 25.0 Å². The second kappa shape index (κ2) is 5.18. The lowest BCUT2D eigenvalue weighted by Crippen LogP contribution is -2.15. The van der Waals surface area contributed by atoms with Crippen molar-refractivity contribution < 1.29 is 22.0 Å². The van der Waals surface area contributed by atoms with E-state index in [0.29, 0.717) is 29.5 Å². The quantitative estimate of drug-likeness (QED) is 0.849. The van der Waals surface area contributed by atoms with E-state index in [1.807, 2.05) is 0 Å². The van der Waals surface area contributed by atoms with E-state index in [1.165, 1.54) is 12.3 Å². The average Bonchev–Trinajstić information content (AvgIpc) is 3.13. The second-order valence-corrected chi connectivity index (χ2v) is 5.11. The van der Waals surface area contributed by atoms with Crippen LogP contribution in [0.1, 0.15) is 24.2 Å². The molecule has 2 nitrogen and oxygen atoms in total. The summed E-state index contributed by atoms with van der Waals surface area (Å²) in [5.74, 6) is -0.714. The van der Waals surface area contributed by atoms with E-state index in [-0.39, 0.29) is 0 Å². The average molecular weight is 299 g/mol. The van der Waals surface area contributed by atoms with Gasteiger partial charge in [0.1, 0.15) is 11.6 Å². The van der Waals surface area contributed by atoms with Crippen molar-refractivity contribution in [2.75, 3.05) is 0 Å². The summed E-state index contributed by atoms with van der Waals surface area (Å²) in [7, 11) is 0. The lowest BCUT2D eigenvalue weighted by atomic mass is 10.0. The van der Waals surface area contributed by atoms with Gasteiger partial charge in [0.15, 0.2) is 0 Å². The minimum atomic E-state index is -4.71. The van der Waals surface area contributed by atoms with Crippen molar-refractivity contribution in [1.29, 1.82) is 0 Å². The van der Waals surface area contributed by atoms with Crippen LogP contribution in [0.25, 0.3) is 11.1 Å². The highest BCUT2D eigenvalue weighted by molar-refractivity contribution is 5.66. The van der Waals surface area contributed by atoms with Crippen LogP contribution in [-0.4, -0.2) is 6.04 Å². The Balaban J connectivity index is 1.91. The molecule has 0 unspecified atom stereocenters. The molecule has 1 fully saturated rings. The Morgan fingerprint density at radius 1 is 1.19 bits per heavy atom. The molecule has 2 aromatic rings. The number of rotatable bonds is 4. The van der Waals surface area contributed by atoms with Crippen LogP contribution in [0.4, 0.5) is 17.6 Å². The van der Waals surface area contributed by atoms with Gasteiger partial charge in [-0.3, -0.25) is 0 Å². The van der Waals surface area contributed by atoms with Crippen molar-refractivity contribution in [2.24, 2.45) is 0 Å². The summed E-state index contributed by atoms with van der Waals surface area (Å²) < 4.78 is 56.9. The highest BCUT2D eigenvalue weighted by atomic mass is 19.4. The van der Waals surface area contributed by atoms with E-state index >= 15 is 0 Å². The molecule has 1 heterocycles. The van der Waals surface area contributed by atoms with Crippen molar-refractivity contribution in [1.82, 2.24) is 5.32 Å². The maximum atomic E-state index is 13.3. The highest BCUT2D eigenvalue weighted by Gasteiger charge is 2.34. The number of hydrogen-bond acceptors (Lipinski definition) is 2. The molecule has 3 rings (SSSR count). The Labute approximate surface area is 118 Å². The third kappa shape index (κ3) is 3.10. The Kier molecular flexibility index (Phi) is 3.49. The first kappa shape index (κ1) is 14.1. The standard InChI is InChI=1S/C15H13F4NO/c16-13-4-1-9(7-12(13)15(17,18)19)11-5-6-21-14(11)8-20-10-2-3-10/h1,4-7,10,20H,2-3,8H2. The van der Waals surface area contributed by atoms with E-state index in [1.54, 1.807) is 6.07 Å². The van der Waals surface area contributed by atoms with Crippen LogP contribution >= 0.6 is 0 Å².